The Morgan fingerprint density at radius 2 is 1.85 bits per heavy atom. The van der Waals surface area contributed by atoms with Crippen LogP contribution in [0.5, 0.6) is 5.75 Å². The summed E-state index contributed by atoms with van der Waals surface area (Å²) in [6.07, 6.45) is 0. The summed E-state index contributed by atoms with van der Waals surface area (Å²) in [5.74, 6) is -2.79. The second-order valence-electron chi connectivity index (χ2n) is 6.17. The zero-order chi connectivity index (χ0) is 20.3. The van der Waals surface area contributed by atoms with E-state index in [9.17, 15) is 29.3 Å². The predicted molar refractivity (Wildman–Crippen MR) is 91.9 cm³/mol. The number of nitrogens with zero attached hydrogens (tertiary/aromatic N) is 3. The lowest BCUT2D eigenvalue weighted by molar-refractivity contribution is -0.384. The number of carbonyl (C=O) groups is 4. The van der Waals surface area contributed by atoms with Gasteiger partial charge >= 0.3 is 17.8 Å². The first-order valence-electron chi connectivity index (χ1n) is 7.95. The monoisotopic (exact) mass is 378 g/mol. The number of methoxy groups -OCH3 is 1. The fourth-order valence-electron chi connectivity index (χ4n) is 2.46. The standard InChI is InChI=1S/C16H18N4O7/c1-9(2)7-18-14(22)15(23)19(16(18)24)8-13(21)17-11-6-10(20(25)26)4-5-12(11)27-3/h4-6,9H,7-8H2,1-3H3,(H,17,21). The maximum absolute atomic E-state index is 12.2. The molecule has 1 saturated heterocycles. The third-order valence-corrected chi connectivity index (χ3v) is 3.65. The maximum Gasteiger partial charge on any atom is 0.334 e. The summed E-state index contributed by atoms with van der Waals surface area (Å²) in [6.45, 7) is 2.90. The minimum Gasteiger partial charge on any atom is -0.495 e. The highest BCUT2D eigenvalue weighted by atomic mass is 16.6. The molecule has 0 saturated carbocycles. The van der Waals surface area contributed by atoms with Crippen LogP contribution in [0.4, 0.5) is 16.2 Å². The average molecular weight is 378 g/mol. The SMILES string of the molecule is COc1ccc([N+](=O)[O-])cc1NC(=O)CN1C(=O)C(=O)N(CC(C)C)C1=O. The number of urea groups is 1. The number of benzene rings is 1. The highest BCUT2D eigenvalue weighted by Gasteiger charge is 2.45. The number of amides is 5. The van der Waals surface area contributed by atoms with E-state index in [1.807, 2.05) is 0 Å². The van der Waals surface area contributed by atoms with Crippen LogP contribution in [-0.4, -0.2) is 58.7 Å². The number of nitro groups is 1. The van der Waals surface area contributed by atoms with Crippen LogP contribution in [0.3, 0.4) is 0 Å². The van der Waals surface area contributed by atoms with Crippen LogP contribution in [0.2, 0.25) is 0 Å². The fraction of sp³-hybridized carbons (Fsp3) is 0.375. The first-order valence-corrected chi connectivity index (χ1v) is 7.95. The van der Waals surface area contributed by atoms with Gasteiger partial charge in [-0.3, -0.25) is 29.4 Å². The molecule has 1 aliphatic heterocycles. The average Bonchev–Trinajstić information content (AvgIpc) is 2.79. The van der Waals surface area contributed by atoms with Crippen molar-refractivity contribution in [3.05, 3.63) is 28.3 Å². The normalized spacial score (nSPS) is 14.1. The van der Waals surface area contributed by atoms with E-state index >= 15 is 0 Å². The zero-order valence-corrected chi connectivity index (χ0v) is 14.9. The summed E-state index contributed by atoms with van der Waals surface area (Å²) in [5.41, 5.74) is -0.279. The molecule has 1 aliphatic rings. The van der Waals surface area contributed by atoms with Crippen molar-refractivity contribution in [3.63, 3.8) is 0 Å². The molecule has 11 nitrogen and oxygen atoms in total. The van der Waals surface area contributed by atoms with Crippen molar-refractivity contribution in [3.8, 4) is 5.75 Å². The van der Waals surface area contributed by atoms with Crippen LogP contribution in [0.1, 0.15) is 13.8 Å². The quantitative estimate of drug-likeness (QED) is 0.323. The van der Waals surface area contributed by atoms with Gasteiger partial charge < -0.3 is 10.1 Å². The molecule has 1 aromatic carbocycles. The van der Waals surface area contributed by atoms with Gasteiger partial charge in [0.25, 0.3) is 5.69 Å². The van der Waals surface area contributed by atoms with Gasteiger partial charge in [-0.25, -0.2) is 9.69 Å². The highest BCUT2D eigenvalue weighted by Crippen LogP contribution is 2.29. The molecule has 11 heteroatoms. The van der Waals surface area contributed by atoms with Crippen LogP contribution in [0.15, 0.2) is 18.2 Å². The highest BCUT2D eigenvalue weighted by molar-refractivity contribution is 6.45. The largest absolute Gasteiger partial charge is 0.495 e. The van der Waals surface area contributed by atoms with Gasteiger partial charge in [0.05, 0.1) is 17.7 Å². The number of nitro benzene ring substituents is 1. The minimum absolute atomic E-state index is 0.00107. The van der Waals surface area contributed by atoms with E-state index in [-0.39, 0.29) is 29.6 Å². The molecule has 1 aromatic rings. The van der Waals surface area contributed by atoms with Gasteiger partial charge in [0, 0.05) is 18.7 Å². The number of non-ortho nitro benzene ring substituents is 1. The molecular formula is C16H18N4O7. The molecule has 0 aliphatic carbocycles. The number of hydrogen-bond acceptors (Lipinski definition) is 7. The van der Waals surface area contributed by atoms with Gasteiger partial charge in [0.15, 0.2) is 0 Å². The Labute approximate surface area is 154 Å². The van der Waals surface area contributed by atoms with Crippen molar-refractivity contribution < 1.29 is 28.8 Å². The van der Waals surface area contributed by atoms with Gasteiger partial charge in [-0.2, -0.15) is 0 Å². The van der Waals surface area contributed by atoms with Crippen molar-refractivity contribution in [2.45, 2.75) is 13.8 Å². The van der Waals surface area contributed by atoms with Crippen molar-refractivity contribution in [1.82, 2.24) is 9.80 Å². The molecule has 27 heavy (non-hydrogen) atoms. The Morgan fingerprint density at radius 1 is 1.22 bits per heavy atom. The lowest BCUT2D eigenvalue weighted by Crippen LogP contribution is -2.39. The number of carbonyl (C=O) groups excluding carboxylic acids is 4. The van der Waals surface area contributed by atoms with E-state index in [2.05, 4.69) is 5.32 Å². The van der Waals surface area contributed by atoms with E-state index in [1.165, 1.54) is 19.2 Å². The van der Waals surface area contributed by atoms with Crippen LogP contribution in [-0.2, 0) is 14.4 Å². The van der Waals surface area contributed by atoms with Crippen molar-refractivity contribution >= 4 is 35.1 Å². The molecule has 0 atom stereocenters. The molecule has 1 heterocycles. The molecule has 0 spiro atoms. The van der Waals surface area contributed by atoms with E-state index in [0.29, 0.717) is 4.90 Å². The molecule has 144 valence electrons. The van der Waals surface area contributed by atoms with Crippen molar-refractivity contribution in [1.29, 1.82) is 0 Å². The summed E-state index contributed by atoms with van der Waals surface area (Å²) in [7, 11) is 1.31. The first-order chi connectivity index (χ1) is 12.6. The lowest BCUT2D eigenvalue weighted by Gasteiger charge is -2.17. The van der Waals surface area contributed by atoms with Crippen LogP contribution in [0, 0.1) is 16.0 Å². The van der Waals surface area contributed by atoms with Gasteiger partial charge in [-0.15, -0.1) is 0 Å². The Hall–Kier alpha value is -3.50. The molecule has 5 amide bonds. The third-order valence-electron chi connectivity index (χ3n) is 3.65. The Morgan fingerprint density at radius 3 is 2.41 bits per heavy atom. The van der Waals surface area contributed by atoms with Crippen LogP contribution >= 0.6 is 0 Å². The predicted octanol–water partition coefficient (Wildman–Crippen LogP) is 0.989. The van der Waals surface area contributed by atoms with Crippen molar-refractivity contribution in [2.75, 3.05) is 25.5 Å². The molecule has 0 radical (unpaired) electrons. The lowest BCUT2D eigenvalue weighted by atomic mass is 10.2. The minimum atomic E-state index is -1.10. The molecule has 0 unspecified atom stereocenters. The summed E-state index contributed by atoms with van der Waals surface area (Å²) >= 11 is 0. The van der Waals surface area contributed by atoms with E-state index in [0.717, 1.165) is 11.0 Å². The van der Waals surface area contributed by atoms with E-state index in [1.54, 1.807) is 13.8 Å². The second kappa shape index (κ2) is 7.81. The summed E-state index contributed by atoms with van der Waals surface area (Å²) in [4.78, 5) is 59.9. The number of nitrogens with one attached hydrogen (secondary N) is 1. The number of anilines is 1. The number of hydrogen-bond donors (Lipinski definition) is 1. The summed E-state index contributed by atoms with van der Waals surface area (Å²) in [5, 5.41) is 13.2. The third kappa shape index (κ3) is 4.19. The number of ether oxygens (including phenoxy) is 1. The van der Waals surface area contributed by atoms with Crippen molar-refractivity contribution in [2.24, 2.45) is 5.92 Å². The van der Waals surface area contributed by atoms with Crippen LogP contribution < -0.4 is 10.1 Å². The molecule has 0 bridgehead atoms. The molecule has 1 N–H and O–H groups in total. The maximum atomic E-state index is 12.2. The van der Waals surface area contributed by atoms with E-state index in [4.69, 9.17) is 4.74 Å². The Bertz CT molecular complexity index is 821. The topological polar surface area (TPSA) is 139 Å². The van der Waals surface area contributed by atoms with E-state index < -0.39 is 35.2 Å². The fourth-order valence-corrected chi connectivity index (χ4v) is 2.46. The molecular weight excluding hydrogens is 360 g/mol. The Balaban J connectivity index is 2.15. The molecule has 2 rings (SSSR count). The Kier molecular flexibility index (Phi) is 5.73. The first kappa shape index (κ1) is 19.8. The van der Waals surface area contributed by atoms with Gasteiger partial charge in [0.1, 0.15) is 12.3 Å². The number of rotatable bonds is 7. The van der Waals surface area contributed by atoms with Gasteiger partial charge in [-0.05, 0) is 12.0 Å². The summed E-state index contributed by atoms with van der Waals surface area (Å²) in [6, 6.07) is 2.71. The second-order valence-corrected chi connectivity index (χ2v) is 6.17. The smallest absolute Gasteiger partial charge is 0.334 e. The summed E-state index contributed by atoms with van der Waals surface area (Å²) < 4.78 is 5.02. The molecule has 1 fully saturated rings. The number of imide groups is 2. The zero-order valence-electron chi connectivity index (χ0n) is 14.9. The molecule has 0 aromatic heterocycles. The van der Waals surface area contributed by atoms with Gasteiger partial charge in [-0.1, -0.05) is 13.8 Å². The van der Waals surface area contributed by atoms with Gasteiger partial charge in [0.2, 0.25) is 5.91 Å². The van der Waals surface area contributed by atoms with Crippen LogP contribution in [0.25, 0.3) is 0 Å².